The van der Waals surface area contributed by atoms with Gasteiger partial charge in [-0.3, -0.25) is 14.2 Å². The molecule has 0 spiro atoms. The zero-order chi connectivity index (χ0) is 18.4. The van der Waals surface area contributed by atoms with Crippen LogP contribution < -0.4 is 5.32 Å². The van der Waals surface area contributed by atoms with Crippen LogP contribution in [-0.4, -0.2) is 44.3 Å². The SMILES string of the molecule is CCCC(=O)Nc1ccc(-n2cnc(C(=O)N3CCCCCC3)c2)nc1. The van der Waals surface area contributed by atoms with Gasteiger partial charge in [0, 0.05) is 25.7 Å². The third kappa shape index (κ3) is 4.47. The molecule has 2 amide bonds. The lowest BCUT2D eigenvalue weighted by atomic mass is 10.2. The highest BCUT2D eigenvalue weighted by Gasteiger charge is 2.19. The minimum absolute atomic E-state index is 0.0185. The quantitative estimate of drug-likeness (QED) is 0.894. The molecule has 0 radical (unpaired) electrons. The Kier molecular flexibility index (Phi) is 5.99. The molecule has 0 bridgehead atoms. The highest BCUT2D eigenvalue weighted by molar-refractivity contribution is 5.92. The predicted octanol–water partition coefficient (Wildman–Crippen LogP) is 3.02. The fraction of sp³-hybridized carbons (Fsp3) is 0.474. The van der Waals surface area contributed by atoms with Gasteiger partial charge in [-0.1, -0.05) is 19.8 Å². The summed E-state index contributed by atoms with van der Waals surface area (Å²) in [6.07, 6.45) is 10.7. The number of anilines is 1. The monoisotopic (exact) mass is 355 g/mol. The van der Waals surface area contributed by atoms with E-state index in [2.05, 4.69) is 15.3 Å². The van der Waals surface area contributed by atoms with E-state index in [1.165, 1.54) is 12.8 Å². The van der Waals surface area contributed by atoms with Crippen molar-refractivity contribution >= 4 is 17.5 Å². The summed E-state index contributed by atoms with van der Waals surface area (Å²) in [5, 5.41) is 2.81. The third-order valence-electron chi connectivity index (χ3n) is 4.47. The van der Waals surface area contributed by atoms with Gasteiger partial charge in [0.25, 0.3) is 5.91 Å². The predicted molar refractivity (Wildman–Crippen MR) is 99.3 cm³/mol. The number of amides is 2. The maximum Gasteiger partial charge on any atom is 0.274 e. The standard InChI is InChI=1S/C19H25N5O2/c1-2-7-18(25)22-15-8-9-17(20-12-15)24-13-16(21-14-24)19(26)23-10-5-3-4-6-11-23/h8-9,12-14H,2-7,10-11H2,1H3,(H,22,25). The number of carbonyl (C=O) groups is 2. The summed E-state index contributed by atoms with van der Waals surface area (Å²) in [7, 11) is 0. The maximum absolute atomic E-state index is 12.6. The first kappa shape index (κ1) is 18.1. The Balaban J connectivity index is 1.67. The van der Waals surface area contributed by atoms with E-state index in [0.717, 1.165) is 32.4 Å². The molecule has 1 saturated heterocycles. The van der Waals surface area contributed by atoms with Gasteiger partial charge in [0.05, 0.1) is 11.9 Å². The van der Waals surface area contributed by atoms with Crippen LogP contribution in [-0.2, 0) is 4.79 Å². The zero-order valence-electron chi connectivity index (χ0n) is 15.1. The number of carbonyl (C=O) groups excluding carboxylic acids is 2. The topological polar surface area (TPSA) is 80.1 Å². The van der Waals surface area contributed by atoms with Gasteiger partial charge in [0.15, 0.2) is 0 Å². The molecule has 0 unspecified atom stereocenters. The van der Waals surface area contributed by atoms with E-state index in [1.54, 1.807) is 35.4 Å². The van der Waals surface area contributed by atoms with E-state index in [9.17, 15) is 9.59 Å². The van der Waals surface area contributed by atoms with E-state index >= 15 is 0 Å². The molecule has 3 rings (SSSR count). The first-order chi connectivity index (χ1) is 12.7. The molecule has 3 heterocycles. The lowest BCUT2D eigenvalue weighted by Crippen LogP contribution is -2.32. The van der Waals surface area contributed by atoms with E-state index in [4.69, 9.17) is 0 Å². The highest BCUT2D eigenvalue weighted by atomic mass is 16.2. The van der Waals surface area contributed by atoms with Gasteiger partial charge in [-0.25, -0.2) is 9.97 Å². The highest BCUT2D eigenvalue weighted by Crippen LogP contribution is 2.15. The van der Waals surface area contributed by atoms with Crippen molar-refractivity contribution in [1.29, 1.82) is 0 Å². The number of aromatic nitrogens is 3. The molecule has 0 atom stereocenters. The van der Waals surface area contributed by atoms with E-state index in [0.29, 0.717) is 23.6 Å². The van der Waals surface area contributed by atoms with Crippen LogP contribution in [0, 0.1) is 0 Å². The Morgan fingerprint density at radius 1 is 1.12 bits per heavy atom. The van der Waals surface area contributed by atoms with E-state index in [-0.39, 0.29) is 11.8 Å². The Hall–Kier alpha value is -2.70. The van der Waals surface area contributed by atoms with Crippen LogP contribution in [0.4, 0.5) is 5.69 Å². The molecular weight excluding hydrogens is 330 g/mol. The van der Waals surface area contributed by atoms with Crippen molar-refractivity contribution in [3.05, 3.63) is 36.5 Å². The fourth-order valence-corrected chi connectivity index (χ4v) is 3.06. The summed E-state index contributed by atoms with van der Waals surface area (Å²) in [6.45, 7) is 3.57. The van der Waals surface area contributed by atoms with Crippen molar-refractivity contribution in [2.75, 3.05) is 18.4 Å². The number of nitrogens with zero attached hydrogens (tertiary/aromatic N) is 4. The van der Waals surface area contributed by atoms with Gasteiger partial charge < -0.3 is 10.2 Å². The van der Waals surface area contributed by atoms with Crippen LogP contribution in [0.15, 0.2) is 30.9 Å². The zero-order valence-corrected chi connectivity index (χ0v) is 15.1. The number of hydrogen-bond acceptors (Lipinski definition) is 4. The number of rotatable bonds is 5. The summed E-state index contributed by atoms with van der Waals surface area (Å²) in [5.74, 6) is 0.616. The summed E-state index contributed by atoms with van der Waals surface area (Å²) >= 11 is 0. The summed E-state index contributed by atoms with van der Waals surface area (Å²) < 4.78 is 1.72. The van der Waals surface area contributed by atoms with Crippen LogP contribution in [0.2, 0.25) is 0 Å². The van der Waals surface area contributed by atoms with Crippen LogP contribution in [0.5, 0.6) is 0 Å². The first-order valence-electron chi connectivity index (χ1n) is 9.27. The van der Waals surface area contributed by atoms with Gasteiger partial charge >= 0.3 is 0 Å². The average Bonchev–Trinajstić information content (AvgIpc) is 2.97. The number of likely N-dealkylation sites (tertiary alicyclic amines) is 1. The normalized spacial score (nSPS) is 14.7. The average molecular weight is 355 g/mol. The molecule has 7 nitrogen and oxygen atoms in total. The van der Waals surface area contributed by atoms with Gasteiger partial charge in [-0.2, -0.15) is 0 Å². The van der Waals surface area contributed by atoms with Crippen molar-refractivity contribution < 1.29 is 9.59 Å². The molecule has 0 aromatic carbocycles. The van der Waals surface area contributed by atoms with Gasteiger partial charge in [0.1, 0.15) is 17.8 Å². The molecule has 0 aliphatic carbocycles. The lowest BCUT2D eigenvalue weighted by molar-refractivity contribution is -0.116. The van der Waals surface area contributed by atoms with Crippen molar-refractivity contribution in [3.63, 3.8) is 0 Å². The molecule has 1 aliphatic rings. The second-order valence-corrected chi connectivity index (χ2v) is 6.58. The largest absolute Gasteiger partial charge is 0.337 e. The van der Waals surface area contributed by atoms with Crippen LogP contribution in [0.3, 0.4) is 0 Å². The molecule has 1 aliphatic heterocycles. The summed E-state index contributed by atoms with van der Waals surface area (Å²) in [6, 6.07) is 3.59. The lowest BCUT2D eigenvalue weighted by Gasteiger charge is -2.18. The fourth-order valence-electron chi connectivity index (χ4n) is 3.06. The van der Waals surface area contributed by atoms with E-state index < -0.39 is 0 Å². The van der Waals surface area contributed by atoms with Crippen LogP contribution >= 0.6 is 0 Å². The Morgan fingerprint density at radius 3 is 2.54 bits per heavy atom. The first-order valence-corrected chi connectivity index (χ1v) is 9.27. The summed E-state index contributed by atoms with van der Waals surface area (Å²) in [4.78, 5) is 34.7. The van der Waals surface area contributed by atoms with Crippen LogP contribution in [0.1, 0.15) is 55.9 Å². The van der Waals surface area contributed by atoms with E-state index in [1.807, 2.05) is 11.8 Å². The minimum Gasteiger partial charge on any atom is -0.337 e. The van der Waals surface area contributed by atoms with Crippen LogP contribution in [0.25, 0.3) is 5.82 Å². The van der Waals surface area contributed by atoms with Crippen molar-refractivity contribution in [1.82, 2.24) is 19.4 Å². The molecular formula is C19H25N5O2. The Morgan fingerprint density at radius 2 is 1.88 bits per heavy atom. The van der Waals surface area contributed by atoms with Crippen molar-refractivity contribution in [3.8, 4) is 5.82 Å². The maximum atomic E-state index is 12.6. The molecule has 2 aromatic heterocycles. The number of hydrogen-bond donors (Lipinski definition) is 1. The summed E-state index contributed by atoms with van der Waals surface area (Å²) in [5.41, 5.74) is 1.10. The number of pyridine rings is 1. The number of nitrogens with one attached hydrogen (secondary N) is 1. The molecule has 0 saturated carbocycles. The van der Waals surface area contributed by atoms with Crippen molar-refractivity contribution in [2.45, 2.75) is 45.4 Å². The smallest absolute Gasteiger partial charge is 0.274 e. The molecule has 1 N–H and O–H groups in total. The molecule has 26 heavy (non-hydrogen) atoms. The Bertz CT molecular complexity index is 746. The minimum atomic E-state index is -0.0194. The Labute approximate surface area is 153 Å². The molecule has 7 heteroatoms. The van der Waals surface area contributed by atoms with Gasteiger partial charge in [-0.15, -0.1) is 0 Å². The van der Waals surface area contributed by atoms with Gasteiger partial charge in [0.2, 0.25) is 5.91 Å². The second-order valence-electron chi connectivity index (χ2n) is 6.58. The van der Waals surface area contributed by atoms with Gasteiger partial charge in [-0.05, 0) is 31.4 Å². The number of imidazole rings is 1. The second kappa shape index (κ2) is 8.60. The van der Waals surface area contributed by atoms with Crippen molar-refractivity contribution in [2.24, 2.45) is 0 Å². The molecule has 138 valence electrons. The molecule has 1 fully saturated rings. The third-order valence-corrected chi connectivity index (χ3v) is 4.47. The molecule has 2 aromatic rings.